The molecule has 1 saturated carbocycles. The Morgan fingerprint density at radius 1 is 1.05 bits per heavy atom. The number of hydrogen-bond acceptors (Lipinski definition) is 4. The maximum Gasteiger partial charge on any atom is 0.471 e. The zero-order valence-corrected chi connectivity index (χ0v) is 24.2. The van der Waals surface area contributed by atoms with E-state index in [4.69, 9.17) is 9.47 Å². The molecule has 1 spiro atoms. The highest BCUT2D eigenvalue weighted by molar-refractivity contribution is 14.1. The number of hydrogen-bond donors (Lipinski definition) is 0. The fourth-order valence-corrected chi connectivity index (χ4v) is 6.91. The summed E-state index contributed by atoms with van der Waals surface area (Å²) in [7, 11) is 0. The van der Waals surface area contributed by atoms with E-state index in [-0.39, 0.29) is 24.9 Å². The van der Waals surface area contributed by atoms with Gasteiger partial charge in [0.05, 0.1) is 18.8 Å². The van der Waals surface area contributed by atoms with Crippen LogP contribution in [-0.2, 0) is 20.9 Å². The number of piperidine rings is 1. The molecule has 2 aromatic rings. The van der Waals surface area contributed by atoms with Crippen molar-refractivity contribution >= 4 is 34.5 Å². The van der Waals surface area contributed by atoms with E-state index in [1.807, 2.05) is 37.3 Å². The standard InChI is InChI=1S/C30H35F3INO4/c1-21(19-38-20-22-7-3-2-4-8-22)26-10-6-17-29(26)16-5-9-25(35(29)28(37)30(31,32)33)15-18-39-27(36)23-11-13-24(34)14-12-23/h2-4,7-8,11-14,21,25-26H,5-6,9-10,15-20H2,1H3/t21-,25+,26+,29+/m0/s1. The largest absolute Gasteiger partial charge is 0.471 e. The highest BCUT2D eigenvalue weighted by Crippen LogP contribution is 2.52. The zero-order chi connectivity index (χ0) is 28.0. The number of rotatable bonds is 9. The van der Waals surface area contributed by atoms with Crippen LogP contribution < -0.4 is 0 Å². The molecule has 1 heterocycles. The van der Waals surface area contributed by atoms with Gasteiger partial charge < -0.3 is 14.4 Å². The molecule has 0 bridgehead atoms. The van der Waals surface area contributed by atoms with E-state index >= 15 is 0 Å². The summed E-state index contributed by atoms with van der Waals surface area (Å²) in [5.74, 6) is -2.41. The summed E-state index contributed by atoms with van der Waals surface area (Å²) < 4.78 is 54.3. The average molecular weight is 658 g/mol. The molecular formula is C30H35F3INO4. The van der Waals surface area contributed by atoms with Gasteiger partial charge in [-0.05, 0) is 96.4 Å². The fraction of sp³-hybridized carbons (Fsp3) is 0.533. The van der Waals surface area contributed by atoms with Crippen LogP contribution in [0.3, 0.4) is 0 Å². The number of benzene rings is 2. The third-order valence-corrected chi connectivity index (χ3v) is 8.93. The van der Waals surface area contributed by atoms with Crippen LogP contribution in [0.1, 0.15) is 67.8 Å². The summed E-state index contributed by atoms with van der Waals surface area (Å²) >= 11 is 2.13. The van der Waals surface area contributed by atoms with Crippen molar-refractivity contribution in [1.29, 1.82) is 0 Å². The number of likely N-dealkylation sites (tertiary alicyclic amines) is 1. The van der Waals surface area contributed by atoms with E-state index in [9.17, 15) is 22.8 Å². The lowest BCUT2D eigenvalue weighted by molar-refractivity contribution is -0.202. The van der Waals surface area contributed by atoms with Crippen LogP contribution in [0.4, 0.5) is 13.2 Å². The monoisotopic (exact) mass is 657 g/mol. The summed E-state index contributed by atoms with van der Waals surface area (Å²) in [5, 5.41) is 0. The van der Waals surface area contributed by atoms with Gasteiger partial charge in [0.25, 0.3) is 0 Å². The van der Waals surface area contributed by atoms with E-state index in [0.717, 1.165) is 33.3 Å². The third-order valence-electron chi connectivity index (χ3n) is 8.21. The van der Waals surface area contributed by atoms with Gasteiger partial charge in [0.2, 0.25) is 0 Å². The maximum absolute atomic E-state index is 14.0. The average Bonchev–Trinajstić information content (AvgIpc) is 3.32. The van der Waals surface area contributed by atoms with E-state index in [1.54, 1.807) is 24.3 Å². The molecule has 1 amide bonds. The predicted molar refractivity (Wildman–Crippen MR) is 150 cm³/mol. The lowest BCUT2D eigenvalue weighted by atomic mass is 9.71. The maximum atomic E-state index is 14.0. The van der Waals surface area contributed by atoms with E-state index in [0.29, 0.717) is 38.0 Å². The van der Waals surface area contributed by atoms with Gasteiger partial charge in [-0.15, -0.1) is 0 Å². The van der Waals surface area contributed by atoms with Crippen LogP contribution in [0.2, 0.25) is 0 Å². The van der Waals surface area contributed by atoms with Gasteiger partial charge in [0, 0.05) is 28.2 Å². The smallest absolute Gasteiger partial charge is 0.462 e. The van der Waals surface area contributed by atoms with Crippen molar-refractivity contribution in [3.8, 4) is 0 Å². The Kier molecular flexibility index (Phi) is 9.96. The van der Waals surface area contributed by atoms with Crippen molar-refractivity contribution in [3.63, 3.8) is 0 Å². The summed E-state index contributed by atoms with van der Waals surface area (Å²) in [5.41, 5.74) is 0.557. The molecule has 2 aliphatic rings. The van der Waals surface area contributed by atoms with Gasteiger partial charge in [-0.1, -0.05) is 43.7 Å². The van der Waals surface area contributed by atoms with E-state index in [2.05, 4.69) is 22.6 Å². The number of esters is 1. The van der Waals surface area contributed by atoms with Gasteiger partial charge in [0.15, 0.2) is 0 Å². The quantitative estimate of drug-likeness (QED) is 0.212. The molecule has 2 aromatic carbocycles. The Balaban J connectivity index is 1.47. The number of amides is 1. The molecule has 1 aliphatic heterocycles. The minimum Gasteiger partial charge on any atom is -0.462 e. The van der Waals surface area contributed by atoms with Gasteiger partial charge >= 0.3 is 18.1 Å². The molecule has 2 fully saturated rings. The van der Waals surface area contributed by atoms with Crippen LogP contribution >= 0.6 is 22.6 Å². The predicted octanol–water partition coefficient (Wildman–Crippen LogP) is 7.17. The molecule has 0 radical (unpaired) electrons. The Morgan fingerprint density at radius 2 is 1.72 bits per heavy atom. The Bertz CT molecular complexity index is 1110. The van der Waals surface area contributed by atoms with Crippen molar-refractivity contribution in [2.45, 2.75) is 76.2 Å². The number of carbonyl (C=O) groups is 2. The first-order chi connectivity index (χ1) is 18.6. The normalized spacial score (nSPS) is 24.1. The molecule has 5 nitrogen and oxygen atoms in total. The molecule has 0 aromatic heterocycles. The molecule has 212 valence electrons. The van der Waals surface area contributed by atoms with Crippen molar-refractivity contribution in [3.05, 3.63) is 69.3 Å². The van der Waals surface area contributed by atoms with Crippen LogP contribution in [0.25, 0.3) is 0 Å². The molecule has 4 atom stereocenters. The number of nitrogens with zero attached hydrogens (tertiary/aromatic N) is 1. The summed E-state index contributed by atoms with van der Waals surface area (Å²) in [6.07, 6.45) is -1.01. The topological polar surface area (TPSA) is 55.8 Å². The van der Waals surface area contributed by atoms with Gasteiger partial charge in [0.1, 0.15) is 0 Å². The number of carbonyl (C=O) groups excluding carboxylic acids is 2. The van der Waals surface area contributed by atoms with Crippen molar-refractivity contribution < 1.29 is 32.2 Å². The fourth-order valence-electron chi connectivity index (χ4n) is 6.55. The van der Waals surface area contributed by atoms with Crippen LogP contribution in [0, 0.1) is 15.4 Å². The highest BCUT2D eigenvalue weighted by Gasteiger charge is 2.58. The molecule has 1 saturated heterocycles. The molecule has 39 heavy (non-hydrogen) atoms. The van der Waals surface area contributed by atoms with Gasteiger partial charge in [-0.2, -0.15) is 13.2 Å². The van der Waals surface area contributed by atoms with Crippen LogP contribution in [-0.4, -0.2) is 47.7 Å². The first-order valence-electron chi connectivity index (χ1n) is 13.6. The number of halogens is 4. The molecule has 9 heteroatoms. The second-order valence-electron chi connectivity index (χ2n) is 10.7. The second kappa shape index (κ2) is 13.0. The van der Waals surface area contributed by atoms with Crippen molar-refractivity contribution in [1.82, 2.24) is 4.90 Å². The first-order valence-corrected chi connectivity index (χ1v) is 14.6. The number of ether oxygens (including phenoxy) is 2. The first kappa shape index (κ1) is 29.8. The Morgan fingerprint density at radius 3 is 2.38 bits per heavy atom. The SMILES string of the molecule is C[C@@H](COCc1ccccc1)[C@H]1CCC[C@]12CCC[C@H](CCOC(=O)c1ccc(I)cc1)N2C(=O)C(F)(F)F. The van der Waals surface area contributed by atoms with Gasteiger partial charge in [-0.25, -0.2) is 4.79 Å². The molecule has 4 rings (SSSR count). The summed E-state index contributed by atoms with van der Waals surface area (Å²) in [6, 6.07) is 16.0. The molecule has 0 N–H and O–H groups in total. The summed E-state index contributed by atoms with van der Waals surface area (Å²) in [4.78, 5) is 26.6. The van der Waals surface area contributed by atoms with E-state index < -0.39 is 29.6 Å². The van der Waals surface area contributed by atoms with Crippen molar-refractivity contribution in [2.24, 2.45) is 11.8 Å². The summed E-state index contributed by atoms with van der Waals surface area (Å²) in [6.45, 7) is 2.82. The van der Waals surface area contributed by atoms with Gasteiger partial charge in [-0.3, -0.25) is 4.79 Å². The Hall–Kier alpha value is -2.14. The van der Waals surface area contributed by atoms with Crippen LogP contribution in [0.15, 0.2) is 54.6 Å². The minimum absolute atomic E-state index is 0.0165. The zero-order valence-electron chi connectivity index (χ0n) is 22.1. The highest BCUT2D eigenvalue weighted by atomic mass is 127. The van der Waals surface area contributed by atoms with Crippen molar-refractivity contribution in [2.75, 3.05) is 13.2 Å². The van der Waals surface area contributed by atoms with E-state index in [1.165, 1.54) is 0 Å². The number of alkyl halides is 3. The third kappa shape index (κ3) is 7.14. The molecular weight excluding hydrogens is 622 g/mol. The second-order valence-corrected chi connectivity index (χ2v) is 12.0. The minimum atomic E-state index is -4.97. The Labute approximate surface area is 241 Å². The van der Waals surface area contributed by atoms with Crippen LogP contribution in [0.5, 0.6) is 0 Å². The lowest BCUT2D eigenvalue weighted by Gasteiger charge is -2.54. The lowest BCUT2D eigenvalue weighted by Crippen LogP contribution is -2.64. The molecule has 0 unspecified atom stereocenters. The molecule has 1 aliphatic carbocycles.